The van der Waals surface area contributed by atoms with Crippen molar-refractivity contribution in [3.05, 3.63) is 24.3 Å². The molecule has 0 saturated carbocycles. The second-order valence-electron chi connectivity index (χ2n) is 17.4. The molecule has 0 unspecified atom stereocenters. The topological polar surface area (TPSA) is 141 Å². The van der Waals surface area contributed by atoms with E-state index in [0.717, 1.165) is 49.7 Å². The molecule has 0 aromatic heterocycles. The third-order valence-electron chi connectivity index (χ3n) is 13.9. The molecule has 10 heterocycles. The van der Waals surface area contributed by atoms with Crippen LogP contribution < -0.4 is 0 Å². The normalized spacial score (nSPS) is 52.4. The highest BCUT2D eigenvalue weighted by molar-refractivity contribution is 5.79. The van der Waals surface area contributed by atoms with Crippen LogP contribution in [0.1, 0.15) is 90.4 Å². The third-order valence-corrected chi connectivity index (χ3v) is 13.9. The Morgan fingerprint density at radius 2 is 1.54 bits per heavy atom. The second kappa shape index (κ2) is 14.3. The fourth-order valence-electron chi connectivity index (χ4n) is 11.3. The lowest BCUT2D eigenvalue weighted by Crippen LogP contribution is -2.61. The van der Waals surface area contributed by atoms with Crippen LogP contribution in [-0.2, 0) is 47.4 Å². The summed E-state index contributed by atoms with van der Waals surface area (Å²) in [5.74, 6) is -0.709. The number of aliphatic hydroxyl groups excluding tert-OH is 2. The smallest absolute Gasteiger partial charge is 0.172 e. The summed E-state index contributed by atoms with van der Waals surface area (Å²) in [6, 6.07) is 0. The Hall–Kier alpha value is -1.29. The molecule has 52 heavy (non-hydrogen) atoms. The van der Waals surface area contributed by atoms with Gasteiger partial charge in [-0.1, -0.05) is 20.1 Å². The zero-order chi connectivity index (χ0) is 35.9. The van der Waals surface area contributed by atoms with E-state index in [1.54, 1.807) is 7.11 Å². The molecule has 10 fully saturated rings. The number of carbonyl (C=O) groups excluding carboxylic acids is 1. The number of ether oxygens (including phenoxy) is 9. The van der Waals surface area contributed by atoms with Gasteiger partial charge in [0.15, 0.2) is 5.79 Å². The van der Waals surface area contributed by atoms with Crippen molar-refractivity contribution in [2.24, 2.45) is 11.8 Å². The lowest BCUT2D eigenvalue weighted by Gasteiger charge is -2.47. The summed E-state index contributed by atoms with van der Waals surface area (Å²) in [5.41, 5.74) is 2.17. The van der Waals surface area contributed by atoms with E-state index in [-0.39, 0.29) is 123 Å². The molecule has 12 heteroatoms. The zero-order valence-electron chi connectivity index (χ0n) is 30.7. The van der Waals surface area contributed by atoms with E-state index < -0.39 is 24.1 Å². The maximum absolute atomic E-state index is 14.0. The lowest BCUT2D eigenvalue weighted by molar-refractivity contribution is -0.292. The molecule has 19 atom stereocenters. The summed E-state index contributed by atoms with van der Waals surface area (Å²) in [4.78, 5) is 14.0. The van der Waals surface area contributed by atoms with E-state index >= 15 is 0 Å². The van der Waals surface area contributed by atoms with Crippen LogP contribution in [0.3, 0.4) is 0 Å². The predicted molar refractivity (Wildman–Crippen MR) is 184 cm³/mol. The molecule has 0 aromatic rings. The molecule has 1 spiro atoms. The van der Waals surface area contributed by atoms with Crippen molar-refractivity contribution in [2.45, 2.75) is 194 Å². The van der Waals surface area contributed by atoms with E-state index in [4.69, 9.17) is 42.6 Å². The van der Waals surface area contributed by atoms with Crippen LogP contribution >= 0.6 is 0 Å². The van der Waals surface area contributed by atoms with Gasteiger partial charge in [0, 0.05) is 51.6 Å². The number of ketones is 1. The van der Waals surface area contributed by atoms with Gasteiger partial charge in [0.2, 0.25) is 0 Å². The van der Waals surface area contributed by atoms with Crippen molar-refractivity contribution in [1.29, 1.82) is 0 Å². The van der Waals surface area contributed by atoms with Crippen molar-refractivity contribution in [3.63, 3.8) is 0 Å². The molecule has 2 N–H and O–H groups in total. The Kier molecular flexibility index (Phi) is 10.0. The quantitative estimate of drug-likeness (QED) is 0.410. The third kappa shape index (κ3) is 6.59. The van der Waals surface area contributed by atoms with Gasteiger partial charge in [0.25, 0.3) is 0 Å². The largest absolute Gasteiger partial charge is 0.394 e. The molecule has 10 aliphatic heterocycles. The summed E-state index contributed by atoms with van der Waals surface area (Å²) in [6.45, 7) is 10.7. The second-order valence-corrected chi connectivity index (χ2v) is 17.4. The van der Waals surface area contributed by atoms with Gasteiger partial charge in [0.05, 0.1) is 73.8 Å². The van der Waals surface area contributed by atoms with Gasteiger partial charge in [0.1, 0.15) is 36.3 Å². The minimum absolute atomic E-state index is 0.0260. The molecule has 12 nitrogen and oxygen atoms in total. The summed E-state index contributed by atoms with van der Waals surface area (Å²) in [5, 5.41) is 20.1. The number of hydrogen-bond donors (Lipinski definition) is 2. The van der Waals surface area contributed by atoms with Gasteiger partial charge in [-0.05, 0) is 62.0 Å². The number of rotatable bonds is 4. The first kappa shape index (κ1) is 36.4. The van der Waals surface area contributed by atoms with E-state index in [1.165, 1.54) is 0 Å². The van der Waals surface area contributed by atoms with Gasteiger partial charge >= 0.3 is 0 Å². The standard InChI is InChI=1S/C40H58O12/c1-19-11-24-5-7-28-20(2)12-26(45-28)9-10-40-17-33-36(51-40)37-38(50-33)39(52-40)35-29(49-37)8-6-25(47-35)13-22(42)14-27-31(16-30(46-24)21(19)3)48-32(34(27)44-4)15-23(43)18-41/h19,23-39,41,43H,2-3,5-18H2,1,4H3/t19-,23+,24+,25-,26+,27+,28+,29+,30-,31+,32-,33+,34-,35+,36-,37-,38-,39+,40+/m1/s1. The van der Waals surface area contributed by atoms with E-state index in [0.29, 0.717) is 25.7 Å². The Balaban J connectivity index is 0.994. The first-order valence-corrected chi connectivity index (χ1v) is 20.1. The SMILES string of the molecule is C=C1C[C@@H]2CC[C@@]34C[C@@H]5O[C@H]6[C@@H](O3)[C@H]3O[C@H](CC[C@@H]3O[C@@H]6[C@@H]5O4)CC(=O)C[C@@H]3[C@@H](OC)[C@@H](C[C@H](O)CO)O[C@H]3C[C@H]3O[C@@H](CC[C@@H]1O2)C[C@@H](C)C3=C. The molecular weight excluding hydrogens is 672 g/mol. The van der Waals surface area contributed by atoms with Gasteiger partial charge in [-0.2, -0.15) is 0 Å². The molecule has 10 aliphatic rings. The van der Waals surface area contributed by atoms with Gasteiger partial charge < -0.3 is 52.8 Å². The van der Waals surface area contributed by atoms with Crippen molar-refractivity contribution < 1.29 is 57.6 Å². The van der Waals surface area contributed by atoms with Gasteiger partial charge in [-0.15, -0.1) is 0 Å². The fourth-order valence-corrected chi connectivity index (χ4v) is 11.3. The van der Waals surface area contributed by atoms with Crippen LogP contribution in [-0.4, -0.2) is 133 Å². The Morgan fingerprint density at radius 3 is 2.37 bits per heavy atom. The van der Waals surface area contributed by atoms with E-state index in [2.05, 4.69) is 20.1 Å². The Morgan fingerprint density at radius 1 is 0.788 bits per heavy atom. The number of hydrogen-bond acceptors (Lipinski definition) is 12. The predicted octanol–water partition coefficient (Wildman–Crippen LogP) is 3.47. The highest BCUT2D eigenvalue weighted by Gasteiger charge is 2.68. The van der Waals surface area contributed by atoms with E-state index in [9.17, 15) is 15.0 Å². The monoisotopic (exact) mass is 730 g/mol. The Labute approximate surface area is 306 Å². The van der Waals surface area contributed by atoms with Crippen molar-refractivity contribution in [2.75, 3.05) is 13.7 Å². The molecule has 0 aromatic carbocycles. The fraction of sp³-hybridized carbons (Fsp3) is 0.875. The molecule has 0 radical (unpaired) electrons. The van der Waals surface area contributed by atoms with Crippen LogP contribution in [0.4, 0.5) is 0 Å². The highest BCUT2D eigenvalue weighted by atomic mass is 16.8. The highest BCUT2D eigenvalue weighted by Crippen LogP contribution is 2.54. The van der Waals surface area contributed by atoms with Crippen molar-refractivity contribution in [1.82, 2.24) is 0 Å². The summed E-state index contributed by atoms with van der Waals surface area (Å²) in [7, 11) is 1.63. The molecule has 10 rings (SSSR count). The molecular formula is C40H58O12. The van der Waals surface area contributed by atoms with Crippen LogP contribution in [0, 0.1) is 11.8 Å². The maximum atomic E-state index is 14.0. The van der Waals surface area contributed by atoms with Gasteiger partial charge in [-0.3, -0.25) is 4.79 Å². The van der Waals surface area contributed by atoms with Crippen LogP contribution in [0.15, 0.2) is 24.3 Å². The summed E-state index contributed by atoms with van der Waals surface area (Å²) < 4.78 is 59.8. The van der Waals surface area contributed by atoms with Crippen molar-refractivity contribution in [3.8, 4) is 0 Å². The minimum Gasteiger partial charge on any atom is -0.394 e. The summed E-state index contributed by atoms with van der Waals surface area (Å²) >= 11 is 0. The van der Waals surface area contributed by atoms with Crippen LogP contribution in [0.5, 0.6) is 0 Å². The van der Waals surface area contributed by atoms with E-state index in [1.807, 2.05) is 0 Å². The minimum atomic E-state index is -0.951. The molecule has 290 valence electrons. The molecule has 0 amide bonds. The van der Waals surface area contributed by atoms with Crippen LogP contribution in [0.2, 0.25) is 0 Å². The number of carbonyl (C=O) groups is 1. The molecule has 12 bridgehead atoms. The average Bonchev–Trinajstić information content (AvgIpc) is 3.79. The van der Waals surface area contributed by atoms with Gasteiger partial charge in [-0.25, -0.2) is 0 Å². The van der Waals surface area contributed by atoms with Crippen LogP contribution in [0.25, 0.3) is 0 Å². The molecule has 0 aliphatic carbocycles. The lowest BCUT2D eigenvalue weighted by atomic mass is 9.81. The molecule has 10 saturated heterocycles. The average molecular weight is 731 g/mol. The first-order valence-electron chi connectivity index (χ1n) is 20.1. The number of fused-ring (bicyclic) bond motifs is 6. The first-order chi connectivity index (χ1) is 25.1. The maximum Gasteiger partial charge on any atom is 0.172 e. The number of Topliss-reactive ketones (excluding diaryl/α,β-unsaturated/α-hetero) is 1. The van der Waals surface area contributed by atoms with Crippen molar-refractivity contribution >= 4 is 5.78 Å². The number of aliphatic hydroxyl groups is 2. The number of methoxy groups -OCH3 is 1. The Bertz CT molecular complexity index is 1370. The zero-order valence-corrected chi connectivity index (χ0v) is 30.7. The summed E-state index contributed by atoms with van der Waals surface area (Å²) in [6.07, 6.45) is 4.01.